The number of thiocarbonyl (C=S) groups is 1. The molecule has 0 spiro atoms. The number of aromatic amines is 1. The van der Waals surface area contributed by atoms with Gasteiger partial charge in [-0.3, -0.25) is 53.1 Å². The smallest absolute Gasteiger partial charge is 0.476 e. The molecule has 0 radical (unpaired) electrons. The molecule has 6 aliphatic rings. The molecule has 598 valence electrons. The minimum Gasteiger partial charge on any atom is -0.476 e. The number of hydrogen-bond donors (Lipinski definition) is 9. The van der Waals surface area contributed by atoms with Crippen molar-refractivity contribution in [1.29, 1.82) is 0 Å². The maximum Gasteiger partial charge on any atom is 0.524 e. The van der Waals surface area contributed by atoms with Crippen molar-refractivity contribution in [2.24, 2.45) is 22.5 Å². The minimum atomic E-state index is -4.96. The van der Waals surface area contributed by atoms with Crippen molar-refractivity contribution in [3.05, 3.63) is 82.6 Å². The molecule has 0 saturated heterocycles. The number of halogens is 2. The normalized spacial score (nSPS) is 18.8. The van der Waals surface area contributed by atoms with Gasteiger partial charge in [0.05, 0.1) is 119 Å². The predicted molar refractivity (Wildman–Crippen MR) is 411 cm³/mol. The van der Waals surface area contributed by atoms with Crippen LogP contribution in [0.25, 0.3) is 10.9 Å². The molecule has 10 N–H and O–H groups in total. The summed E-state index contributed by atoms with van der Waals surface area (Å²) in [6.07, 6.45) is 5.80. The number of phosphoric acid groups is 1. The van der Waals surface area contributed by atoms with Crippen molar-refractivity contribution in [1.82, 2.24) is 35.6 Å². The van der Waals surface area contributed by atoms with Gasteiger partial charge in [-0.25, -0.2) is 9.36 Å². The van der Waals surface area contributed by atoms with Gasteiger partial charge in [0.15, 0.2) is 5.75 Å². The Hall–Kier alpha value is -7.76. The Morgan fingerprint density at radius 2 is 1.29 bits per heavy atom. The molecule has 3 saturated carbocycles. The van der Waals surface area contributed by atoms with Gasteiger partial charge in [-0.1, -0.05) is 26.0 Å². The van der Waals surface area contributed by atoms with Crippen LogP contribution in [0.1, 0.15) is 92.0 Å². The highest BCUT2D eigenvalue weighted by molar-refractivity contribution is 7.80. The molecule has 4 atom stereocenters. The number of nitrogens with one attached hydrogen (secondary N) is 6. The van der Waals surface area contributed by atoms with Crippen molar-refractivity contribution in [3.63, 3.8) is 0 Å². The summed E-state index contributed by atoms with van der Waals surface area (Å²) in [7, 11) is 0.391. The van der Waals surface area contributed by atoms with Crippen LogP contribution in [0.2, 0.25) is 0 Å². The Morgan fingerprint density at radius 3 is 1.83 bits per heavy atom. The van der Waals surface area contributed by atoms with E-state index in [1.54, 1.807) is 61.9 Å². The van der Waals surface area contributed by atoms with E-state index in [0.717, 1.165) is 38.1 Å². The number of nitrogens with two attached hydrogens (primary N) is 1. The van der Waals surface area contributed by atoms with Gasteiger partial charge in [-0.05, 0) is 111 Å². The van der Waals surface area contributed by atoms with Crippen LogP contribution in [0.4, 0.5) is 27.5 Å². The maximum absolute atomic E-state index is 14.9. The van der Waals surface area contributed by atoms with Gasteiger partial charge in [0.25, 0.3) is 17.0 Å². The number of anilines is 4. The van der Waals surface area contributed by atoms with Crippen molar-refractivity contribution >= 4 is 129 Å². The lowest BCUT2D eigenvalue weighted by Gasteiger charge is -2.69. The summed E-state index contributed by atoms with van der Waals surface area (Å²) >= 11 is 18.9. The van der Waals surface area contributed by atoms with Gasteiger partial charge >= 0.3 is 13.9 Å². The van der Waals surface area contributed by atoms with Gasteiger partial charge in [0, 0.05) is 118 Å². The highest BCUT2D eigenvalue weighted by Gasteiger charge is 2.76. The SMILES string of the molecule is CNc1c(OP(=O)(O)O)cc2c(c1C)C(CCl)CN2C(=O)C12CC(C(=O)N3CC(CCl)c4c3cc(OCN(C)CCN(C)C(=S)OCc3ccc(NC(=O)C(CCCNC(N)=O)NC(=O)C(NC(=O)CCOCCOCCOCCOCCOCCOCCN5C(=O)C=CC5=O)C(C)C)cc3)c3[nH]cc(C)c43)(C1)C2. The molecule has 4 unspecified atom stereocenters. The highest BCUT2D eigenvalue weighted by atomic mass is 35.5. The molecule has 10 rings (SSSR count). The number of urea groups is 1. The van der Waals surface area contributed by atoms with E-state index < -0.39 is 54.5 Å². The monoisotopic (exact) mass is 1600 g/mol. The number of phosphoric ester groups is 1. The Morgan fingerprint density at radius 1 is 0.752 bits per heavy atom. The number of aryl methyl sites for hydroxylation is 1. The fraction of sp³-hybridized carbons (Fsp3) is 0.575. The third kappa shape index (κ3) is 21.9. The van der Waals surface area contributed by atoms with Gasteiger partial charge in [0.1, 0.15) is 31.2 Å². The standard InChI is InChI=1S/C73H101Cl2N12O20PS/c1-45(2)63(82-57(88)16-21-99-23-25-101-27-29-103-31-32-104-30-28-102-26-24-100-22-20-85-58(89)14-15-59(85)90)67(92)81-52(9-8-17-78-70(76)95)66(91)80-51-12-10-48(11-13-51)40-105-71(109)84(7)19-18-83(6)44-106-55-33-54-62(60-46(3)37-79-65(55)60)50(36-75)39-87(54)69(94)73-41-72(42-73,43-73)68(93)86-38-49(35-74)61-47(4)64(77-5)56(34-53(61)86)107-108(96,97)98/h10-15,33-34,37,45,49-50,52,63,77,79H,8-9,16-32,35-36,38-44H2,1-7H3,(H,80,91)(H,81,92)(H,82,88)(H3,76,78,95)(H2,96,97,98). The Labute approximate surface area is 648 Å². The summed E-state index contributed by atoms with van der Waals surface area (Å²) in [6, 6.07) is 7.52. The zero-order valence-corrected chi connectivity index (χ0v) is 65.8. The van der Waals surface area contributed by atoms with Crippen LogP contribution in [-0.2, 0) is 77.9 Å². The average molecular weight is 1600 g/mol. The second-order valence-electron chi connectivity index (χ2n) is 28.2. The van der Waals surface area contributed by atoms with E-state index >= 15 is 0 Å². The summed E-state index contributed by atoms with van der Waals surface area (Å²) in [5, 5.41) is 15.1. The number of rotatable bonds is 46. The molecule has 4 heterocycles. The molecule has 32 nitrogen and oxygen atoms in total. The largest absolute Gasteiger partial charge is 0.524 e. The number of benzene rings is 3. The Bertz CT molecular complexity index is 3960. The second-order valence-corrected chi connectivity index (χ2v) is 30.3. The second kappa shape index (κ2) is 39.4. The number of carbonyl (C=O) groups excluding carboxylic acids is 8. The number of likely N-dealkylation sites (N-methyl/N-ethyl adjacent to an activating group) is 2. The van der Waals surface area contributed by atoms with E-state index in [-0.39, 0.29) is 143 Å². The highest BCUT2D eigenvalue weighted by Crippen LogP contribution is 2.75. The van der Waals surface area contributed by atoms with Gasteiger partial charge in [-0.15, -0.1) is 23.2 Å². The lowest BCUT2D eigenvalue weighted by atomic mass is 9.34. The lowest BCUT2D eigenvalue weighted by Crippen LogP contribution is -2.73. The van der Waals surface area contributed by atoms with E-state index in [1.165, 1.54) is 18.2 Å². The average Bonchev–Trinajstić information content (AvgIpc) is 1.55. The number of primary amides is 1. The number of amides is 9. The number of nitrogens with zero attached hydrogens (tertiary/aromatic N) is 5. The first-order chi connectivity index (χ1) is 52.1. The van der Waals surface area contributed by atoms with Gasteiger partial charge in [-0.2, -0.15) is 0 Å². The van der Waals surface area contributed by atoms with E-state index in [9.17, 15) is 52.7 Å². The zero-order chi connectivity index (χ0) is 78.7. The summed E-state index contributed by atoms with van der Waals surface area (Å²) in [5.74, 6) is -2.27. The van der Waals surface area contributed by atoms with Gasteiger partial charge in [0.2, 0.25) is 29.5 Å². The third-order valence-corrected chi connectivity index (χ3v) is 21.5. The first-order valence-corrected chi connectivity index (χ1v) is 39.4. The maximum atomic E-state index is 14.9. The minimum absolute atomic E-state index is 0.0360. The molecule has 3 aromatic carbocycles. The fourth-order valence-corrected chi connectivity index (χ4v) is 15.4. The van der Waals surface area contributed by atoms with Crippen LogP contribution >= 0.6 is 43.2 Å². The van der Waals surface area contributed by atoms with Crippen LogP contribution in [0, 0.1) is 30.6 Å². The molecule has 4 aromatic rings. The summed E-state index contributed by atoms with van der Waals surface area (Å²) < 4.78 is 62.7. The van der Waals surface area contributed by atoms with Crippen LogP contribution < -0.4 is 51.4 Å². The van der Waals surface area contributed by atoms with Gasteiger partial charge < -0.3 is 94.4 Å². The van der Waals surface area contributed by atoms with E-state index in [4.69, 9.17) is 83.6 Å². The predicted octanol–water partition coefficient (Wildman–Crippen LogP) is 5.64. The number of aromatic nitrogens is 1. The quantitative estimate of drug-likeness (QED) is 0.00645. The van der Waals surface area contributed by atoms with Crippen molar-refractivity contribution in [2.75, 3.05) is 179 Å². The van der Waals surface area contributed by atoms with E-state index in [2.05, 4.69) is 31.6 Å². The van der Waals surface area contributed by atoms with Crippen LogP contribution in [-0.4, -0.2) is 252 Å². The van der Waals surface area contributed by atoms with Crippen molar-refractivity contribution < 1.29 is 95.1 Å². The number of ether oxygens (including phenoxy) is 8. The van der Waals surface area contributed by atoms with Crippen LogP contribution in [0.3, 0.4) is 0 Å². The Balaban J connectivity index is 0.670. The molecule has 109 heavy (non-hydrogen) atoms. The molecule has 2 bridgehead atoms. The number of carbonyl (C=O) groups is 8. The Kier molecular flexibility index (Phi) is 30.8. The fourth-order valence-electron chi connectivity index (χ4n) is 14.3. The van der Waals surface area contributed by atoms with E-state index in [1.807, 2.05) is 43.1 Å². The summed E-state index contributed by atoms with van der Waals surface area (Å²) in [4.78, 5) is 136. The van der Waals surface area contributed by atoms with Crippen LogP contribution in [0.5, 0.6) is 11.5 Å². The third-order valence-electron chi connectivity index (χ3n) is 19.9. The first-order valence-electron chi connectivity index (χ1n) is 36.3. The lowest BCUT2D eigenvalue weighted by molar-refractivity contribution is -0.205. The molecule has 3 fully saturated rings. The summed E-state index contributed by atoms with van der Waals surface area (Å²) in [5.41, 5.74) is 10.7. The first kappa shape index (κ1) is 85.2. The molecular weight excluding hydrogens is 1500 g/mol. The molecule has 9 amide bonds. The van der Waals surface area contributed by atoms with Crippen molar-refractivity contribution in [3.8, 4) is 11.5 Å². The van der Waals surface area contributed by atoms with Crippen molar-refractivity contribution in [2.45, 2.75) is 96.7 Å². The molecular formula is C73H101Cl2N12O20PS. The number of imide groups is 1. The topological polar surface area (TPSA) is 395 Å². The van der Waals surface area contributed by atoms with Crippen LogP contribution in [0.15, 0.2) is 54.7 Å². The molecule has 1 aromatic heterocycles. The molecule has 3 aliphatic carbocycles. The zero-order valence-electron chi connectivity index (χ0n) is 62.5. The molecule has 3 aliphatic heterocycles. The number of hydrogen-bond acceptors (Lipinski definition) is 21. The van der Waals surface area contributed by atoms with E-state index in [0.29, 0.717) is 126 Å². The molecule has 36 heteroatoms. The number of fused-ring (bicyclic) bond motifs is 4. The number of alkyl halides is 2. The summed E-state index contributed by atoms with van der Waals surface area (Å²) in [6.45, 7) is 13.2. The number of H-pyrrole nitrogens is 1.